The Bertz CT molecular complexity index is 474. The maximum absolute atomic E-state index is 11.3. The van der Waals surface area contributed by atoms with Crippen LogP contribution in [0.3, 0.4) is 0 Å². The van der Waals surface area contributed by atoms with Crippen molar-refractivity contribution in [2.75, 3.05) is 34.4 Å². The van der Waals surface area contributed by atoms with E-state index in [2.05, 4.69) is 16.6 Å². The van der Waals surface area contributed by atoms with Crippen LogP contribution in [-0.2, 0) is 16.1 Å². The summed E-state index contributed by atoms with van der Waals surface area (Å²) in [6, 6.07) is 3.97. The summed E-state index contributed by atoms with van der Waals surface area (Å²) in [5.41, 5.74) is 2.31. The van der Waals surface area contributed by atoms with E-state index in [4.69, 9.17) is 9.47 Å². The molecular weight excluding hydrogens is 270 g/mol. The summed E-state index contributed by atoms with van der Waals surface area (Å²) in [4.78, 5) is 13.4. The number of rotatable bonds is 8. The van der Waals surface area contributed by atoms with Crippen molar-refractivity contribution in [1.29, 1.82) is 0 Å². The van der Waals surface area contributed by atoms with Gasteiger partial charge in [-0.3, -0.25) is 9.69 Å². The highest BCUT2D eigenvalue weighted by atomic mass is 16.5. The molecule has 0 aliphatic carbocycles. The van der Waals surface area contributed by atoms with Crippen LogP contribution in [0.15, 0.2) is 12.1 Å². The first-order valence-electron chi connectivity index (χ1n) is 7.06. The number of nitrogens with zero attached hydrogens (tertiary/aromatic N) is 1. The van der Waals surface area contributed by atoms with Gasteiger partial charge in [-0.1, -0.05) is 6.92 Å². The number of aryl methyl sites for hydroxylation is 1. The minimum Gasteiger partial charge on any atom is -0.493 e. The Hall–Kier alpha value is -1.75. The Labute approximate surface area is 126 Å². The van der Waals surface area contributed by atoms with Crippen LogP contribution in [0.5, 0.6) is 11.5 Å². The number of hydrogen-bond acceptors (Lipinski definition) is 5. The van der Waals surface area contributed by atoms with Gasteiger partial charge in [0.2, 0.25) is 0 Å². The molecule has 1 aromatic carbocycles. The first-order valence-corrected chi connectivity index (χ1v) is 7.06. The summed E-state index contributed by atoms with van der Waals surface area (Å²) in [6.07, 6.45) is 0.399. The third kappa shape index (κ3) is 4.93. The fourth-order valence-electron chi connectivity index (χ4n) is 2.13. The molecule has 0 fully saturated rings. The molecular formula is C16H25NO4. The molecule has 0 spiro atoms. The van der Waals surface area contributed by atoms with Crippen LogP contribution in [0.2, 0.25) is 0 Å². The van der Waals surface area contributed by atoms with Crippen LogP contribution < -0.4 is 9.47 Å². The summed E-state index contributed by atoms with van der Waals surface area (Å²) in [5, 5.41) is 0. The summed E-state index contributed by atoms with van der Waals surface area (Å²) >= 11 is 0. The fourth-order valence-corrected chi connectivity index (χ4v) is 2.13. The SMILES string of the molecule is CCN(CCC(=O)OC)Cc1cc(OC)c(OC)cc1C. The van der Waals surface area contributed by atoms with Gasteiger partial charge in [0, 0.05) is 13.1 Å². The molecule has 0 N–H and O–H groups in total. The van der Waals surface area contributed by atoms with E-state index in [0.717, 1.165) is 30.2 Å². The van der Waals surface area contributed by atoms with Gasteiger partial charge in [-0.25, -0.2) is 0 Å². The quantitative estimate of drug-likeness (QED) is 0.689. The highest BCUT2D eigenvalue weighted by molar-refractivity contribution is 5.69. The van der Waals surface area contributed by atoms with Crippen molar-refractivity contribution in [3.63, 3.8) is 0 Å². The van der Waals surface area contributed by atoms with Crippen LogP contribution in [-0.4, -0.2) is 45.3 Å². The molecule has 118 valence electrons. The van der Waals surface area contributed by atoms with Gasteiger partial charge in [0.1, 0.15) is 0 Å². The van der Waals surface area contributed by atoms with Gasteiger partial charge in [0.05, 0.1) is 27.8 Å². The zero-order valence-corrected chi connectivity index (χ0v) is 13.6. The van der Waals surface area contributed by atoms with Gasteiger partial charge in [0.25, 0.3) is 0 Å². The van der Waals surface area contributed by atoms with Crippen LogP contribution in [0.4, 0.5) is 0 Å². The van der Waals surface area contributed by atoms with E-state index < -0.39 is 0 Å². The van der Waals surface area contributed by atoms with Gasteiger partial charge < -0.3 is 14.2 Å². The standard InChI is InChI=1S/C16H25NO4/c1-6-17(8-7-16(18)21-5)11-13-10-15(20-4)14(19-3)9-12(13)2/h9-10H,6-8,11H2,1-5H3. The highest BCUT2D eigenvalue weighted by Gasteiger charge is 2.12. The van der Waals surface area contributed by atoms with Crippen molar-refractivity contribution in [2.24, 2.45) is 0 Å². The van der Waals surface area contributed by atoms with E-state index in [0.29, 0.717) is 13.0 Å². The number of carbonyl (C=O) groups excluding carboxylic acids is 1. The fraction of sp³-hybridized carbons (Fsp3) is 0.562. The normalized spacial score (nSPS) is 10.6. The predicted octanol–water partition coefficient (Wildman–Crippen LogP) is 2.40. The van der Waals surface area contributed by atoms with E-state index in [1.54, 1.807) is 14.2 Å². The summed E-state index contributed by atoms with van der Waals surface area (Å²) in [6.45, 7) is 6.43. The molecule has 0 aromatic heterocycles. The minimum absolute atomic E-state index is 0.183. The van der Waals surface area contributed by atoms with E-state index >= 15 is 0 Å². The second kappa shape index (κ2) is 8.52. The molecule has 1 rings (SSSR count). The highest BCUT2D eigenvalue weighted by Crippen LogP contribution is 2.30. The van der Waals surface area contributed by atoms with E-state index in [9.17, 15) is 4.79 Å². The average molecular weight is 295 g/mol. The van der Waals surface area contributed by atoms with Crippen LogP contribution >= 0.6 is 0 Å². The lowest BCUT2D eigenvalue weighted by molar-refractivity contribution is -0.141. The van der Waals surface area contributed by atoms with Crippen molar-refractivity contribution < 1.29 is 19.0 Å². The first-order chi connectivity index (χ1) is 10.0. The van der Waals surface area contributed by atoms with Crippen molar-refractivity contribution in [2.45, 2.75) is 26.8 Å². The van der Waals surface area contributed by atoms with Crippen molar-refractivity contribution in [3.8, 4) is 11.5 Å². The molecule has 0 radical (unpaired) electrons. The lowest BCUT2D eigenvalue weighted by atomic mass is 10.1. The number of esters is 1. The smallest absolute Gasteiger partial charge is 0.306 e. The molecule has 5 nitrogen and oxygen atoms in total. The second-order valence-corrected chi connectivity index (χ2v) is 4.83. The topological polar surface area (TPSA) is 48.0 Å². The molecule has 0 aliphatic rings. The van der Waals surface area contributed by atoms with Gasteiger partial charge in [-0.2, -0.15) is 0 Å². The lowest BCUT2D eigenvalue weighted by Gasteiger charge is -2.22. The molecule has 21 heavy (non-hydrogen) atoms. The Balaban J connectivity index is 2.82. The zero-order valence-electron chi connectivity index (χ0n) is 13.6. The number of benzene rings is 1. The maximum Gasteiger partial charge on any atom is 0.306 e. The average Bonchev–Trinajstić information content (AvgIpc) is 2.51. The summed E-state index contributed by atoms with van der Waals surface area (Å²) in [5.74, 6) is 1.27. The van der Waals surface area contributed by atoms with Crippen molar-refractivity contribution in [1.82, 2.24) is 4.90 Å². The second-order valence-electron chi connectivity index (χ2n) is 4.83. The zero-order chi connectivity index (χ0) is 15.8. The third-order valence-electron chi connectivity index (χ3n) is 3.54. The van der Waals surface area contributed by atoms with Crippen molar-refractivity contribution >= 4 is 5.97 Å². The van der Waals surface area contributed by atoms with Crippen LogP contribution in [0, 0.1) is 6.92 Å². The Morgan fingerprint density at radius 3 is 2.29 bits per heavy atom. The largest absolute Gasteiger partial charge is 0.493 e. The molecule has 5 heteroatoms. The molecule has 0 heterocycles. The summed E-state index contributed by atoms with van der Waals surface area (Å²) < 4.78 is 15.3. The molecule has 0 aliphatic heterocycles. The van der Waals surface area contributed by atoms with Gasteiger partial charge >= 0.3 is 5.97 Å². The Morgan fingerprint density at radius 2 is 1.76 bits per heavy atom. The molecule has 0 saturated carbocycles. The third-order valence-corrected chi connectivity index (χ3v) is 3.54. The summed E-state index contributed by atoms with van der Waals surface area (Å²) in [7, 11) is 4.68. The molecule has 0 atom stereocenters. The lowest BCUT2D eigenvalue weighted by Crippen LogP contribution is -2.26. The number of hydrogen-bond donors (Lipinski definition) is 0. The number of methoxy groups -OCH3 is 3. The Kier molecular flexibility index (Phi) is 7.02. The van der Waals surface area contributed by atoms with E-state index in [-0.39, 0.29) is 5.97 Å². The van der Waals surface area contributed by atoms with Gasteiger partial charge in [0.15, 0.2) is 11.5 Å². The van der Waals surface area contributed by atoms with Gasteiger partial charge in [-0.15, -0.1) is 0 Å². The minimum atomic E-state index is -0.183. The maximum atomic E-state index is 11.3. The molecule has 1 aromatic rings. The molecule has 0 amide bonds. The Morgan fingerprint density at radius 1 is 1.14 bits per heavy atom. The van der Waals surface area contributed by atoms with E-state index in [1.807, 2.05) is 19.1 Å². The molecule has 0 saturated heterocycles. The first kappa shape index (κ1) is 17.3. The monoisotopic (exact) mass is 295 g/mol. The molecule has 0 bridgehead atoms. The van der Waals surface area contributed by atoms with E-state index in [1.165, 1.54) is 12.7 Å². The number of ether oxygens (including phenoxy) is 3. The van der Waals surface area contributed by atoms with Crippen LogP contribution in [0.1, 0.15) is 24.5 Å². The number of carbonyl (C=O) groups is 1. The molecule has 0 unspecified atom stereocenters. The van der Waals surface area contributed by atoms with Crippen molar-refractivity contribution in [3.05, 3.63) is 23.3 Å². The van der Waals surface area contributed by atoms with Crippen LogP contribution in [0.25, 0.3) is 0 Å². The predicted molar refractivity (Wildman–Crippen MR) is 81.9 cm³/mol. The van der Waals surface area contributed by atoms with Gasteiger partial charge in [-0.05, 0) is 36.7 Å².